The molecule has 0 bridgehead atoms. The van der Waals surface area contributed by atoms with Gasteiger partial charge in [-0.15, -0.1) is 17.7 Å². The molecule has 0 heterocycles. The molecular formula is C38H37OP2Pd+. The topological polar surface area (TPSA) is 17.1 Å². The van der Waals surface area contributed by atoms with Gasteiger partial charge >= 0.3 is 20.4 Å². The van der Waals surface area contributed by atoms with E-state index in [1.165, 1.54) is 22.3 Å². The summed E-state index contributed by atoms with van der Waals surface area (Å²) in [6.07, 6.45) is 6.09. The van der Waals surface area contributed by atoms with Crippen LogP contribution in [0.25, 0.3) is 0 Å². The molecule has 0 aliphatic rings. The number of Topliss-reactive ketones (excluding diaryl/α,β-unsaturated/α-hetero) is 1. The van der Waals surface area contributed by atoms with Gasteiger partial charge in [-0.3, -0.25) is 0 Å². The predicted molar refractivity (Wildman–Crippen MR) is 180 cm³/mol. The maximum Gasteiger partial charge on any atom is 2.00 e. The van der Waals surface area contributed by atoms with Crippen molar-refractivity contribution < 1.29 is 25.2 Å². The van der Waals surface area contributed by atoms with E-state index in [1.807, 2.05) is 30.3 Å². The number of hydrogen-bond donors (Lipinski definition) is 0. The normalized spacial score (nSPS) is 11.1. The zero-order chi connectivity index (χ0) is 28.2. The number of carbonyl (C=O) groups excluding carboxylic acids is 1. The largest absolute Gasteiger partial charge is 2.00 e. The van der Waals surface area contributed by atoms with Crippen molar-refractivity contribution in [2.45, 2.75) is 24.6 Å². The van der Waals surface area contributed by atoms with E-state index in [0.29, 0.717) is 0 Å². The second-order valence-corrected chi connectivity index (χ2v) is 16.7. The molecule has 0 atom stereocenters. The Kier molecular flexibility index (Phi) is 12.8. The van der Waals surface area contributed by atoms with Gasteiger partial charge in [0.15, 0.2) is 0 Å². The molecular weight excluding hydrogens is 641 g/mol. The minimum Gasteiger partial charge on any atom is -0.332 e. The fourth-order valence-corrected chi connectivity index (χ4v) is 12.9. The molecule has 0 amide bonds. The maximum atomic E-state index is 13.8. The van der Waals surface area contributed by atoms with Crippen molar-refractivity contribution >= 4 is 26.4 Å². The maximum absolute atomic E-state index is 13.8. The summed E-state index contributed by atoms with van der Waals surface area (Å²) in [6, 6.07) is 53.0. The second kappa shape index (κ2) is 16.7. The molecule has 1 nitrogen and oxygen atoms in total. The Bertz CT molecular complexity index is 1450. The molecule has 0 saturated carbocycles. The van der Waals surface area contributed by atoms with Crippen LogP contribution in [0.1, 0.15) is 32.6 Å². The molecule has 0 fully saturated rings. The van der Waals surface area contributed by atoms with E-state index in [4.69, 9.17) is 0 Å². The Morgan fingerprint density at radius 1 is 0.524 bits per heavy atom. The smallest absolute Gasteiger partial charge is 0.332 e. The van der Waals surface area contributed by atoms with Crippen molar-refractivity contribution in [3.8, 4) is 0 Å². The van der Waals surface area contributed by atoms with Crippen molar-refractivity contribution in [1.29, 1.82) is 0 Å². The Morgan fingerprint density at radius 3 is 1.29 bits per heavy atom. The first-order valence-corrected chi connectivity index (χ1v) is 18.5. The van der Waals surface area contributed by atoms with Crippen molar-refractivity contribution in [3.05, 3.63) is 179 Å². The van der Waals surface area contributed by atoms with Crippen LogP contribution in [0.15, 0.2) is 152 Å². The fraction of sp³-hybridized carbons (Fsp3) is 0.158. The molecule has 0 aliphatic carbocycles. The molecule has 0 N–H and O–H groups in total. The molecule has 42 heavy (non-hydrogen) atoms. The summed E-state index contributed by atoms with van der Waals surface area (Å²) in [6.45, 7) is -2.01. The number of carbonyl (C=O) groups is 1. The monoisotopic (exact) mass is 677 g/mol. The van der Waals surface area contributed by atoms with Crippen LogP contribution in [-0.4, -0.2) is 23.9 Å². The molecule has 5 rings (SSSR count). The van der Waals surface area contributed by atoms with Gasteiger partial charge < -0.3 is 4.79 Å². The molecule has 0 spiro atoms. The van der Waals surface area contributed by atoms with Gasteiger partial charge in [0.1, 0.15) is 0 Å². The molecule has 5 aromatic carbocycles. The summed E-state index contributed by atoms with van der Waals surface area (Å²) in [4.78, 5) is 13.8. The minimum absolute atomic E-state index is 0. The van der Waals surface area contributed by atoms with Crippen LogP contribution in [0.4, 0.5) is 0 Å². The van der Waals surface area contributed by atoms with Crippen LogP contribution in [0.5, 0.6) is 0 Å². The van der Waals surface area contributed by atoms with Gasteiger partial charge in [-0.2, -0.15) is 12.7 Å². The first-order valence-electron chi connectivity index (χ1n) is 14.3. The van der Waals surface area contributed by atoms with Gasteiger partial charge in [0.2, 0.25) is 0 Å². The van der Waals surface area contributed by atoms with Crippen LogP contribution in [0.3, 0.4) is 0 Å². The Hall–Kier alpha value is -2.84. The Labute approximate surface area is 266 Å². The molecule has 5 aromatic rings. The number of hydrogen-bond acceptors (Lipinski definition) is 1. The van der Waals surface area contributed by atoms with E-state index < -0.39 is 6.89 Å². The van der Waals surface area contributed by atoms with Gasteiger partial charge in [-0.1, -0.05) is 147 Å². The van der Waals surface area contributed by atoms with Crippen molar-refractivity contribution in [2.75, 3.05) is 12.3 Å². The first kappa shape index (κ1) is 32.1. The summed E-state index contributed by atoms with van der Waals surface area (Å²) >= 11 is 0. The summed E-state index contributed by atoms with van der Waals surface area (Å²) in [5.41, 5.74) is 6.12. The zero-order valence-corrected chi connectivity index (χ0v) is 27.1. The van der Waals surface area contributed by atoms with Crippen LogP contribution in [0.2, 0.25) is 0 Å². The van der Waals surface area contributed by atoms with Gasteiger partial charge in [-0.05, 0) is 59.2 Å². The zero-order valence-electron chi connectivity index (χ0n) is 23.8. The minimum atomic E-state index is -2.01. The molecule has 4 heteroatoms. The van der Waals surface area contributed by atoms with E-state index in [0.717, 1.165) is 42.5 Å². The third kappa shape index (κ3) is 9.87. The third-order valence-electron chi connectivity index (χ3n) is 7.37. The second-order valence-electron chi connectivity index (χ2n) is 10.6. The first-order chi connectivity index (χ1) is 20.2. The SMILES string of the molecule is O=C([C-]=P(CCP(Cc1ccccc1)Cc1ccccc1)(Cc1ccccc1)Cc1ccccc1)c1ccccc1.[Pd+2]. The summed E-state index contributed by atoms with van der Waals surface area (Å²) in [5.74, 6) is 3.75. The molecule has 0 saturated heterocycles. The molecule has 0 unspecified atom stereocenters. The van der Waals surface area contributed by atoms with Crippen LogP contribution < -0.4 is 0 Å². The summed E-state index contributed by atoms with van der Waals surface area (Å²) < 4.78 is 0. The number of rotatable bonds is 13. The van der Waals surface area contributed by atoms with Gasteiger partial charge in [0.25, 0.3) is 0 Å². The van der Waals surface area contributed by atoms with E-state index in [1.54, 1.807) is 0 Å². The van der Waals surface area contributed by atoms with Crippen LogP contribution in [0, 0.1) is 0 Å². The molecule has 214 valence electrons. The van der Waals surface area contributed by atoms with Gasteiger partial charge in [-0.25, -0.2) is 0 Å². The standard InChI is InChI=1S/C38H37OP2.Pd/c39-38(37-24-14-5-15-25-37)32-41(30-35-20-10-3-11-21-35,31-36-22-12-4-13-23-36)27-26-40(28-33-16-6-1-7-17-33)29-34-18-8-2-9-19-34;/h1-25H,26-31H2;/q-1;+2. The van der Waals surface area contributed by atoms with Crippen LogP contribution in [-0.2, 0) is 45.1 Å². The molecule has 0 radical (unpaired) electrons. The van der Waals surface area contributed by atoms with E-state index >= 15 is 0 Å². The number of benzene rings is 5. The third-order valence-corrected chi connectivity index (χ3v) is 13.9. The molecule has 0 aromatic heterocycles. The van der Waals surface area contributed by atoms with Crippen molar-refractivity contribution in [3.63, 3.8) is 0 Å². The van der Waals surface area contributed by atoms with E-state index in [2.05, 4.69) is 127 Å². The van der Waals surface area contributed by atoms with Crippen LogP contribution >= 0.6 is 14.8 Å². The summed E-state index contributed by atoms with van der Waals surface area (Å²) in [7, 11) is -0.330. The van der Waals surface area contributed by atoms with E-state index in [9.17, 15) is 4.79 Å². The average molecular weight is 678 g/mol. The Balaban J connectivity index is 0.00000405. The van der Waals surface area contributed by atoms with Gasteiger partial charge in [0, 0.05) is 5.78 Å². The Morgan fingerprint density at radius 2 is 0.881 bits per heavy atom. The number of ketones is 1. The van der Waals surface area contributed by atoms with Gasteiger partial charge in [0.05, 0.1) is 0 Å². The average Bonchev–Trinajstić information content (AvgIpc) is 3.02. The van der Waals surface area contributed by atoms with E-state index in [-0.39, 0.29) is 34.1 Å². The van der Waals surface area contributed by atoms with Crippen molar-refractivity contribution in [2.24, 2.45) is 0 Å². The molecule has 0 aliphatic heterocycles. The predicted octanol–water partition coefficient (Wildman–Crippen LogP) is 9.85. The van der Waals surface area contributed by atoms with Crippen molar-refractivity contribution in [1.82, 2.24) is 0 Å². The fourth-order valence-electron chi connectivity index (χ4n) is 5.31. The summed E-state index contributed by atoms with van der Waals surface area (Å²) in [5, 5.41) is 0. The quantitative estimate of drug-likeness (QED) is 0.0525.